The normalized spacial score (nSPS) is 18.4. The number of fused-ring (bicyclic) bond motifs is 1. The number of alkyl carbamates (subject to hydrolysis) is 1. The Morgan fingerprint density at radius 1 is 1.16 bits per heavy atom. The van der Waals surface area contributed by atoms with E-state index in [1.807, 2.05) is 32.9 Å². The Kier molecular flexibility index (Phi) is 6.04. The summed E-state index contributed by atoms with van der Waals surface area (Å²) in [5, 5.41) is 14.1. The second-order valence-electron chi connectivity index (χ2n) is 9.49. The summed E-state index contributed by atoms with van der Waals surface area (Å²) in [4.78, 5) is 28.4. The summed E-state index contributed by atoms with van der Waals surface area (Å²) >= 11 is 0. The van der Waals surface area contributed by atoms with E-state index < -0.39 is 11.7 Å². The molecule has 1 amide bonds. The van der Waals surface area contributed by atoms with Crippen LogP contribution in [0.2, 0.25) is 0 Å². The van der Waals surface area contributed by atoms with Crippen LogP contribution in [0, 0.1) is 0 Å². The highest BCUT2D eigenvalue weighted by Crippen LogP contribution is 2.34. The Balaban J connectivity index is 1.58. The van der Waals surface area contributed by atoms with Gasteiger partial charge in [0.05, 0.1) is 6.04 Å². The van der Waals surface area contributed by atoms with Crippen LogP contribution < -0.4 is 15.1 Å². The van der Waals surface area contributed by atoms with E-state index in [0.717, 1.165) is 60.4 Å². The van der Waals surface area contributed by atoms with E-state index in [-0.39, 0.29) is 11.8 Å². The molecule has 1 N–H and O–H groups in total. The van der Waals surface area contributed by atoms with Crippen molar-refractivity contribution >= 4 is 34.3 Å². The molecule has 32 heavy (non-hydrogen) atoms. The largest absolute Gasteiger partial charge is 0.444 e. The number of nitrogens with zero attached hydrogens (tertiary/aromatic N) is 4. The maximum Gasteiger partial charge on any atom is 0.407 e. The van der Waals surface area contributed by atoms with Gasteiger partial charge in [-0.25, -0.2) is 4.79 Å². The third kappa shape index (κ3) is 4.84. The van der Waals surface area contributed by atoms with Crippen molar-refractivity contribution in [1.29, 1.82) is 0 Å². The molecule has 2 saturated heterocycles. The highest BCUT2D eigenvalue weighted by atomic mass is 16.6. The molecule has 0 saturated carbocycles. The van der Waals surface area contributed by atoms with Crippen LogP contribution in [-0.4, -0.2) is 59.9 Å². The zero-order chi connectivity index (χ0) is 22.9. The van der Waals surface area contributed by atoms with Gasteiger partial charge >= 0.3 is 6.09 Å². The van der Waals surface area contributed by atoms with Gasteiger partial charge in [-0.1, -0.05) is 18.7 Å². The average molecular weight is 438 g/mol. The molecule has 170 valence electrons. The van der Waals surface area contributed by atoms with Crippen LogP contribution in [0.5, 0.6) is 0 Å². The fraction of sp³-hybridized carbons (Fsp3) is 0.500. The quantitative estimate of drug-likeness (QED) is 0.694. The highest BCUT2D eigenvalue weighted by molar-refractivity contribution is 6.00. The number of carbonyl (C=O) groups is 2. The SMILES string of the molecule is C=CC(=O)Cc1ccc2c(N3CC[C@@H](NC(=O)OC(C)(C)C)C3)nnc(N3CCC3)c2c1. The summed E-state index contributed by atoms with van der Waals surface area (Å²) in [6.07, 6.45) is 3.23. The van der Waals surface area contributed by atoms with Crippen molar-refractivity contribution in [2.24, 2.45) is 0 Å². The predicted octanol–water partition coefficient (Wildman–Crippen LogP) is 3.24. The summed E-state index contributed by atoms with van der Waals surface area (Å²) in [6, 6.07) is 6.04. The third-order valence-corrected chi connectivity index (χ3v) is 5.78. The van der Waals surface area contributed by atoms with Crippen LogP contribution in [0.1, 0.15) is 39.2 Å². The highest BCUT2D eigenvalue weighted by Gasteiger charge is 2.29. The molecule has 1 aromatic heterocycles. The summed E-state index contributed by atoms with van der Waals surface area (Å²) < 4.78 is 5.39. The van der Waals surface area contributed by atoms with Crippen LogP contribution in [-0.2, 0) is 16.0 Å². The van der Waals surface area contributed by atoms with Gasteiger partial charge in [-0.2, -0.15) is 0 Å². The van der Waals surface area contributed by atoms with E-state index >= 15 is 0 Å². The molecule has 1 aromatic carbocycles. The molecule has 3 heterocycles. The first kappa shape index (κ1) is 22.0. The lowest BCUT2D eigenvalue weighted by molar-refractivity contribution is -0.114. The van der Waals surface area contributed by atoms with Crippen molar-refractivity contribution < 1.29 is 14.3 Å². The summed E-state index contributed by atoms with van der Waals surface area (Å²) in [5.74, 6) is 1.66. The number of nitrogens with one attached hydrogen (secondary N) is 1. The molecule has 0 bridgehead atoms. The molecule has 2 aliphatic rings. The fourth-order valence-electron chi connectivity index (χ4n) is 4.10. The lowest BCUT2D eigenvalue weighted by Crippen LogP contribution is -2.40. The first-order chi connectivity index (χ1) is 15.2. The van der Waals surface area contributed by atoms with E-state index in [1.54, 1.807) is 0 Å². The van der Waals surface area contributed by atoms with Crippen LogP contribution in [0.25, 0.3) is 10.8 Å². The van der Waals surface area contributed by atoms with Crippen molar-refractivity contribution in [2.45, 2.75) is 51.7 Å². The Morgan fingerprint density at radius 3 is 2.50 bits per heavy atom. The first-order valence-corrected chi connectivity index (χ1v) is 11.2. The van der Waals surface area contributed by atoms with Crippen molar-refractivity contribution in [3.05, 3.63) is 36.4 Å². The zero-order valence-electron chi connectivity index (χ0n) is 19.1. The number of carbonyl (C=O) groups excluding carboxylic acids is 2. The topological polar surface area (TPSA) is 87.7 Å². The number of amides is 1. The van der Waals surface area contributed by atoms with E-state index in [4.69, 9.17) is 4.74 Å². The maximum atomic E-state index is 12.2. The van der Waals surface area contributed by atoms with Gasteiger partial charge in [-0.15, -0.1) is 10.2 Å². The van der Waals surface area contributed by atoms with E-state index in [2.05, 4.69) is 38.0 Å². The molecule has 0 spiro atoms. The van der Waals surface area contributed by atoms with Crippen molar-refractivity contribution in [2.75, 3.05) is 36.0 Å². The van der Waals surface area contributed by atoms with Gasteiger partial charge in [-0.05, 0) is 51.3 Å². The van der Waals surface area contributed by atoms with Gasteiger partial charge in [0.25, 0.3) is 0 Å². The number of ketones is 1. The van der Waals surface area contributed by atoms with E-state index in [9.17, 15) is 9.59 Å². The van der Waals surface area contributed by atoms with Gasteiger partial charge in [-0.3, -0.25) is 4.79 Å². The van der Waals surface area contributed by atoms with E-state index in [1.165, 1.54) is 6.08 Å². The monoisotopic (exact) mass is 437 g/mol. The number of aromatic nitrogens is 2. The molecular weight excluding hydrogens is 406 g/mol. The summed E-state index contributed by atoms with van der Waals surface area (Å²) in [5.41, 5.74) is 0.413. The minimum absolute atomic E-state index is 0.00677. The molecule has 2 fully saturated rings. The van der Waals surface area contributed by atoms with Crippen LogP contribution in [0.15, 0.2) is 30.9 Å². The van der Waals surface area contributed by atoms with Crippen molar-refractivity contribution in [1.82, 2.24) is 15.5 Å². The molecule has 1 atom stereocenters. The molecule has 8 heteroatoms. The molecule has 8 nitrogen and oxygen atoms in total. The number of anilines is 2. The minimum Gasteiger partial charge on any atom is -0.444 e. The van der Waals surface area contributed by atoms with E-state index in [0.29, 0.717) is 13.0 Å². The molecule has 2 aromatic rings. The van der Waals surface area contributed by atoms with Crippen LogP contribution in [0.4, 0.5) is 16.4 Å². The number of hydrogen-bond donors (Lipinski definition) is 1. The Bertz CT molecular complexity index is 1040. The number of ether oxygens (including phenoxy) is 1. The van der Waals surface area contributed by atoms with Crippen LogP contribution >= 0.6 is 0 Å². The number of rotatable bonds is 6. The second kappa shape index (κ2) is 8.76. The molecule has 0 aliphatic carbocycles. The third-order valence-electron chi connectivity index (χ3n) is 5.78. The lowest BCUT2D eigenvalue weighted by atomic mass is 10.0. The minimum atomic E-state index is -0.526. The maximum absolute atomic E-state index is 12.2. The first-order valence-electron chi connectivity index (χ1n) is 11.2. The van der Waals surface area contributed by atoms with Gasteiger partial charge in [0.2, 0.25) is 0 Å². The molecule has 2 aliphatic heterocycles. The Labute approximate surface area is 188 Å². The van der Waals surface area contributed by atoms with Gasteiger partial charge in [0.15, 0.2) is 17.4 Å². The molecule has 4 rings (SSSR count). The summed E-state index contributed by atoms with van der Waals surface area (Å²) in [7, 11) is 0. The Morgan fingerprint density at radius 2 is 1.88 bits per heavy atom. The number of benzene rings is 1. The lowest BCUT2D eigenvalue weighted by Gasteiger charge is -2.33. The van der Waals surface area contributed by atoms with Crippen LogP contribution in [0.3, 0.4) is 0 Å². The zero-order valence-corrected chi connectivity index (χ0v) is 19.1. The summed E-state index contributed by atoms with van der Waals surface area (Å²) in [6.45, 7) is 12.5. The van der Waals surface area contributed by atoms with Gasteiger partial charge in [0.1, 0.15) is 5.60 Å². The molecule has 0 radical (unpaired) electrons. The average Bonchev–Trinajstić information content (AvgIpc) is 3.13. The predicted molar refractivity (Wildman–Crippen MR) is 125 cm³/mol. The molecule has 0 unspecified atom stereocenters. The van der Waals surface area contributed by atoms with Crippen molar-refractivity contribution in [3.63, 3.8) is 0 Å². The van der Waals surface area contributed by atoms with Gasteiger partial charge < -0.3 is 19.9 Å². The number of allylic oxidation sites excluding steroid dienone is 1. The Hall–Kier alpha value is -3.16. The molecular formula is C24H31N5O3. The second-order valence-corrected chi connectivity index (χ2v) is 9.49. The fourth-order valence-corrected chi connectivity index (χ4v) is 4.10. The van der Waals surface area contributed by atoms with Crippen molar-refractivity contribution in [3.8, 4) is 0 Å². The smallest absolute Gasteiger partial charge is 0.407 e. The standard InChI is InChI=1S/C24H31N5O3/c1-5-18(30)13-16-7-8-19-20(14-16)22(28-10-6-11-28)27-26-21(19)29-12-9-17(15-29)25-23(31)32-24(2,3)4/h5,7-8,14,17H,1,6,9-13,15H2,2-4H3,(H,25,31)/t17-/m1/s1. The van der Waals surface area contributed by atoms with Gasteiger partial charge in [0, 0.05) is 43.4 Å². The number of hydrogen-bond acceptors (Lipinski definition) is 7.